The Kier molecular flexibility index (Phi) is 12.8. The summed E-state index contributed by atoms with van der Waals surface area (Å²) in [4.78, 5) is 55.6. The highest BCUT2D eigenvalue weighted by Crippen LogP contribution is 2.44. The summed E-state index contributed by atoms with van der Waals surface area (Å²) in [5, 5.41) is 12.4. The summed E-state index contributed by atoms with van der Waals surface area (Å²) >= 11 is 0. The molecule has 252 valence electrons. The zero-order valence-electron chi connectivity index (χ0n) is 28.7. The summed E-state index contributed by atoms with van der Waals surface area (Å²) in [7, 11) is 4.60. The Morgan fingerprint density at radius 2 is 1.41 bits per heavy atom. The number of carbonyl (C=O) groups excluding carboxylic acids is 3. The van der Waals surface area contributed by atoms with Gasteiger partial charge in [0.05, 0.1) is 18.6 Å². The van der Waals surface area contributed by atoms with E-state index in [-0.39, 0.29) is 42.6 Å². The van der Waals surface area contributed by atoms with Gasteiger partial charge in [0.15, 0.2) is 0 Å². The summed E-state index contributed by atoms with van der Waals surface area (Å²) in [6, 6.07) is 13.8. The quantitative estimate of drug-likeness (QED) is 0.268. The first-order valence-electron chi connectivity index (χ1n) is 16.1. The van der Waals surface area contributed by atoms with Gasteiger partial charge in [0.2, 0.25) is 11.8 Å². The van der Waals surface area contributed by atoms with Gasteiger partial charge in [-0.1, -0.05) is 96.5 Å². The molecule has 10 nitrogen and oxygen atoms in total. The van der Waals surface area contributed by atoms with Gasteiger partial charge in [-0.15, -0.1) is 0 Å². The molecule has 1 unspecified atom stereocenters. The Bertz CT molecular complexity index is 1330. The van der Waals surface area contributed by atoms with E-state index < -0.39 is 42.2 Å². The smallest absolute Gasteiger partial charge is 0.410 e. The van der Waals surface area contributed by atoms with Gasteiger partial charge in [0.25, 0.3) is 0 Å². The lowest BCUT2D eigenvalue weighted by atomic mass is 9.90. The molecular weight excluding hydrogens is 586 g/mol. The van der Waals surface area contributed by atoms with E-state index in [4.69, 9.17) is 9.47 Å². The Hall–Kier alpha value is -3.92. The molecule has 3 rings (SSSR count). The second kappa shape index (κ2) is 16.1. The van der Waals surface area contributed by atoms with Crippen molar-refractivity contribution in [3.63, 3.8) is 0 Å². The molecule has 0 aliphatic heterocycles. The Labute approximate surface area is 273 Å². The van der Waals surface area contributed by atoms with Crippen LogP contribution in [-0.2, 0) is 23.9 Å². The molecule has 0 radical (unpaired) electrons. The van der Waals surface area contributed by atoms with Gasteiger partial charge in [0.1, 0.15) is 18.7 Å². The first kappa shape index (κ1) is 36.5. The summed E-state index contributed by atoms with van der Waals surface area (Å²) < 4.78 is 11.4. The molecule has 10 heteroatoms. The van der Waals surface area contributed by atoms with Crippen LogP contribution in [0.1, 0.15) is 71.4 Å². The molecule has 0 saturated carbocycles. The van der Waals surface area contributed by atoms with Gasteiger partial charge in [-0.2, -0.15) is 0 Å². The number of nitrogens with zero attached hydrogens (tertiary/aromatic N) is 2. The third-order valence-electron chi connectivity index (χ3n) is 9.25. The number of hydrogen-bond donors (Lipinski definition) is 2. The topological polar surface area (TPSA) is 125 Å². The molecule has 0 aromatic heterocycles. The summed E-state index contributed by atoms with van der Waals surface area (Å²) in [5.74, 6) is -2.61. The molecular formula is C36H51N3O7. The molecule has 0 bridgehead atoms. The fourth-order valence-corrected chi connectivity index (χ4v) is 6.61. The van der Waals surface area contributed by atoms with Crippen LogP contribution in [0.15, 0.2) is 48.5 Å². The number of carboxylic acid groups (broad SMARTS) is 1. The summed E-state index contributed by atoms with van der Waals surface area (Å²) in [6.45, 7) is 11.4. The van der Waals surface area contributed by atoms with E-state index in [9.17, 15) is 24.3 Å². The number of likely N-dealkylation sites (N-methyl/N-ethyl adjacent to an activating group) is 2. The van der Waals surface area contributed by atoms with Crippen molar-refractivity contribution < 1.29 is 33.8 Å². The van der Waals surface area contributed by atoms with Crippen molar-refractivity contribution in [1.29, 1.82) is 0 Å². The van der Waals surface area contributed by atoms with Crippen LogP contribution in [0.25, 0.3) is 11.1 Å². The fourth-order valence-electron chi connectivity index (χ4n) is 6.61. The third-order valence-corrected chi connectivity index (χ3v) is 9.25. The first-order chi connectivity index (χ1) is 21.7. The number of nitrogens with one attached hydrogen (secondary N) is 1. The van der Waals surface area contributed by atoms with E-state index in [0.29, 0.717) is 6.42 Å². The lowest BCUT2D eigenvalue weighted by molar-refractivity contribution is -0.148. The van der Waals surface area contributed by atoms with E-state index >= 15 is 0 Å². The number of methoxy groups -OCH3 is 1. The second-order valence-electron chi connectivity index (χ2n) is 13.0. The molecule has 5 atom stereocenters. The minimum absolute atomic E-state index is 0.0649. The fraction of sp³-hybridized carbons (Fsp3) is 0.556. The number of benzene rings is 2. The molecule has 0 heterocycles. The SMILES string of the molecule is CC[C@H](C)[C@@H](C(CC(=O)O)OC)N(C)C(=O)[C@@H](NC(=O)[C@H](C(C)C)N(C)C(=O)OCC1c2ccccc2-c2ccccc21)C(C)C. The van der Waals surface area contributed by atoms with Crippen LogP contribution < -0.4 is 5.32 Å². The molecule has 0 fully saturated rings. The minimum Gasteiger partial charge on any atom is -0.481 e. The zero-order chi connectivity index (χ0) is 34.3. The molecule has 0 saturated heterocycles. The Morgan fingerprint density at radius 1 is 0.870 bits per heavy atom. The molecule has 0 spiro atoms. The molecule has 2 aromatic rings. The molecule has 3 amide bonds. The first-order valence-corrected chi connectivity index (χ1v) is 16.1. The van der Waals surface area contributed by atoms with Crippen molar-refractivity contribution in [2.75, 3.05) is 27.8 Å². The number of aliphatic carboxylic acids is 1. The van der Waals surface area contributed by atoms with Gasteiger partial charge in [-0.05, 0) is 40.0 Å². The van der Waals surface area contributed by atoms with Crippen LogP contribution in [0.3, 0.4) is 0 Å². The van der Waals surface area contributed by atoms with Crippen LogP contribution >= 0.6 is 0 Å². The summed E-state index contributed by atoms with van der Waals surface area (Å²) in [6.07, 6.45) is -0.926. The Balaban J connectivity index is 1.76. The van der Waals surface area contributed by atoms with E-state index in [1.54, 1.807) is 7.05 Å². The average molecular weight is 638 g/mol. The minimum atomic E-state index is -1.02. The second-order valence-corrected chi connectivity index (χ2v) is 13.0. The van der Waals surface area contributed by atoms with Crippen LogP contribution in [0.5, 0.6) is 0 Å². The maximum absolute atomic E-state index is 13.9. The average Bonchev–Trinajstić information content (AvgIpc) is 3.34. The van der Waals surface area contributed by atoms with Gasteiger partial charge in [0, 0.05) is 27.1 Å². The lowest BCUT2D eigenvalue weighted by Crippen LogP contribution is -2.60. The van der Waals surface area contributed by atoms with E-state index in [2.05, 4.69) is 17.4 Å². The summed E-state index contributed by atoms with van der Waals surface area (Å²) in [5.41, 5.74) is 4.43. The van der Waals surface area contributed by atoms with Gasteiger partial charge < -0.3 is 24.8 Å². The predicted octanol–water partition coefficient (Wildman–Crippen LogP) is 5.40. The highest BCUT2D eigenvalue weighted by atomic mass is 16.6. The number of carbonyl (C=O) groups is 4. The number of ether oxygens (including phenoxy) is 2. The Morgan fingerprint density at radius 3 is 1.87 bits per heavy atom. The van der Waals surface area contributed by atoms with Gasteiger partial charge in [-0.3, -0.25) is 19.3 Å². The van der Waals surface area contributed by atoms with Gasteiger partial charge in [-0.25, -0.2) is 4.79 Å². The number of carboxylic acids is 1. The van der Waals surface area contributed by atoms with Crippen LogP contribution in [0.4, 0.5) is 4.79 Å². The van der Waals surface area contributed by atoms with E-state index in [1.807, 2.05) is 77.9 Å². The highest BCUT2D eigenvalue weighted by molar-refractivity contribution is 5.91. The third kappa shape index (κ3) is 8.07. The van der Waals surface area contributed by atoms with Gasteiger partial charge >= 0.3 is 12.1 Å². The number of fused-ring (bicyclic) bond motifs is 3. The number of hydrogen-bond acceptors (Lipinski definition) is 6. The van der Waals surface area contributed by atoms with E-state index in [0.717, 1.165) is 22.3 Å². The zero-order valence-corrected chi connectivity index (χ0v) is 28.7. The maximum Gasteiger partial charge on any atom is 0.410 e. The van der Waals surface area contributed by atoms with Crippen molar-refractivity contribution in [3.8, 4) is 11.1 Å². The van der Waals surface area contributed by atoms with Crippen molar-refractivity contribution >= 4 is 23.9 Å². The van der Waals surface area contributed by atoms with Crippen molar-refractivity contribution in [2.45, 2.75) is 84.5 Å². The number of amides is 3. The van der Waals surface area contributed by atoms with Crippen LogP contribution in [0.2, 0.25) is 0 Å². The normalized spacial score (nSPS) is 15.7. The maximum atomic E-state index is 13.9. The van der Waals surface area contributed by atoms with E-state index in [1.165, 1.54) is 24.0 Å². The largest absolute Gasteiger partial charge is 0.481 e. The van der Waals surface area contributed by atoms with Crippen molar-refractivity contribution in [3.05, 3.63) is 59.7 Å². The molecule has 2 N–H and O–H groups in total. The predicted molar refractivity (Wildman–Crippen MR) is 177 cm³/mol. The molecule has 2 aromatic carbocycles. The van der Waals surface area contributed by atoms with Crippen LogP contribution in [-0.4, -0.2) is 90.8 Å². The monoisotopic (exact) mass is 637 g/mol. The molecule has 1 aliphatic rings. The lowest BCUT2D eigenvalue weighted by Gasteiger charge is -2.40. The highest BCUT2D eigenvalue weighted by Gasteiger charge is 2.40. The molecule has 1 aliphatic carbocycles. The number of rotatable bonds is 15. The van der Waals surface area contributed by atoms with Crippen LogP contribution in [0, 0.1) is 17.8 Å². The van der Waals surface area contributed by atoms with Crippen molar-refractivity contribution in [1.82, 2.24) is 15.1 Å². The molecule has 46 heavy (non-hydrogen) atoms. The van der Waals surface area contributed by atoms with Crippen molar-refractivity contribution in [2.24, 2.45) is 17.8 Å². The standard InChI is InChI=1S/C36H51N3O7/c1-10-23(6)33(29(45-9)19-30(40)41)38(7)35(43)31(21(2)3)37-34(42)32(22(4)5)39(8)36(44)46-20-28-26-17-13-11-15-24(26)25-16-12-14-18-27(25)28/h11-18,21-23,28-29,31-33H,10,19-20H2,1-9H3,(H,37,42)(H,40,41)/t23-,29?,31-,32-,33-/m0/s1.